The number of para-hydroxylation sites is 2. The topological polar surface area (TPSA) is 97.0 Å². The monoisotopic (exact) mass is 478 g/mol. The van der Waals surface area contributed by atoms with Gasteiger partial charge in [-0.3, -0.25) is 9.59 Å². The van der Waals surface area contributed by atoms with Gasteiger partial charge < -0.3 is 29.0 Å². The molecule has 2 atom stereocenters. The Morgan fingerprint density at radius 2 is 1.80 bits per heavy atom. The molecular formula is C26H30N4O5. The molecule has 9 nitrogen and oxygen atoms in total. The maximum Gasteiger partial charge on any atom is 0.228 e. The van der Waals surface area contributed by atoms with E-state index in [0.717, 1.165) is 29.7 Å². The number of methoxy groups -OCH3 is 3. The Balaban J connectivity index is 1.31. The molecule has 5 rings (SSSR count). The van der Waals surface area contributed by atoms with E-state index in [0.29, 0.717) is 42.6 Å². The number of ether oxygens (including phenoxy) is 3. The summed E-state index contributed by atoms with van der Waals surface area (Å²) in [6, 6.07) is 11.4. The number of aromatic nitrogens is 2. The predicted molar refractivity (Wildman–Crippen MR) is 131 cm³/mol. The number of nitrogens with one attached hydrogen (secondary N) is 1. The highest BCUT2D eigenvalue weighted by molar-refractivity contribution is 6.00. The van der Waals surface area contributed by atoms with E-state index in [4.69, 9.17) is 19.2 Å². The number of imidazole rings is 1. The molecule has 184 valence electrons. The van der Waals surface area contributed by atoms with Gasteiger partial charge in [0.05, 0.1) is 44.0 Å². The number of carbonyl (C=O) groups excluding carboxylic acids is 2. The van der Waals surface area contributed by atoms with Crippen LogP contribution in [0.3, 0.4) is 0 Å². The van der Waals surface area contributed by atoms with E-state index in [-0.39, 0.29) is 24.2 Å². The average Bonchev–Trinajstić information content (AvgIpc) is 3.51. The second-order valence-electron chi connectivity index (χ2n) is 9.05. The predicted octanol–water partition coefficient (Wildman–Crippen LogP) is 3.35. The number of nitrogens with zero attached hydrogens (tertiary/aromatic N) is 3. The summed E-state index contributed by atoms with van der Waals surface area (Å²) in [6.45, 7) is 1.63. The molecule has 0 spiro atoms. The molecule has 2 unspecified atom stereocenters. The Bertz CT molecular complexity index is 1200. The highest BCUT2D eigenvalue weighted by Crippen LogP contribution is 2.42. The number of fused-ring (bicyclic) bond motifs is 1. The lowest BCUT2D eigenvalue weighted by Gasteiger charge is -2.33. The SMILES string of the molecule is COc1cc(N2CC(C(=O)N3CCCC(c4nc5ccccc5[nH]4)C3)CC2=O)cc(OC)c1OC. The molecule has 0 saturated carbocycles. The van der Waals surface area contributed by atoms with Crippen LogP contribution in [0.2, 0.25) is 0 Å². The molecule has 1 aromatic heterocycles. The minimum atomic E-state index is -0.393. The number of aromatic amines is 1. The van der Waals surface area contributed by atoms with Gasteiger partial charge in [-0.2, -0.15) is 0 Å². The van der Waals surface area contributed by atoms with Crippen LogP contribution in [-0.4, -0.2) is 67.6 Å². The molecule has 2 aliphatic heterocycles. The van der Waals surface area contributed by atoms with Crippen LogP contribution in [-0.2, 0) is 9.59 Å². The van der Waals surface area contributed by atoms with Crippen molar-refractivity contribution in [3.8, 4) is 17.2 Å². The molecule has 3 aromatic rings. The average molecular weight is 479 g/mol. The lowest BCUT2D eigenvalue weighted by Crippen LogP contribution is -2.43. The molecule has 1 N–H and O–H groups in total. The number of amides is 2. The summed E-state index contributed by atoms with van der Waals surface area (Å²) in [7, 11) is 4.61. The van der Waals surface area contributed by atoms with Gasteiger partial charge in [0.25, 0.3) is 0 Å². The first-order chi connectivity index (χ1) is 17.0. The first-order valence-electron chi connectivity index (χ1n) is 11.9. The molecular weight excluding hydrogens is 448 g/mol. The third-order valence-electron chi connectivity index (χ3n) is 6.96. The van der Waals surface area contributed by atoms with Crippen LogP contribution in [0.1, 0.15) is 31.0 Å². The van der Waals surface area contributed by atoms with Crippen molar-refractivity contribution in [2.24, 2.45) is 5.92 Å². The zero-order valence-electron chi connectivity index (χ0n) is 20.2. The number of carbonyl (C=O) groups is 2. The summed E-state index contributed by atoms with van der Waals surface area (Å²) < 4.78 is 16.2. The van der Waals surface area contributed by atoms with E-state index in [1.807, 2.05) is 29.2 Å². The molecule has 0 aliphatic carbocycles. The summed E-state index contributed by atoms with van der Waals surface area (Å²) >= 11 is 0. The van der Waals surface area contributed by atoms with Crippen LogP contribution < -0.4 is 19.1 Å². The van der Waals surface area contributed by atoms with Crippen molar-refractivity contribution >= 4 is 28.5 Å². The molecule has 3 heterocycles. The molecule has 2 aliphatic rings. The third-order valence-corrected chi connectivity index (χ3v) is 6.96. The highest BCUT2D eigenvalue weighted by Gasteiger charge is 2.39. The van der Waals surface area contributed by atoms with Gasteiger partial charge in [-0.1, -0.05) is 12.1 Å². The maximum atomic E-state index is 13.5. The van der Waals surface area contributed by atoms with Crippen LogP contribution in [0.5, 0.6) is 17.2 Å². The van der Waals surface area contributed by atoms with Crippen molar-refractivity contribution in [3.63, 3.8) is 0 Å². The Hall–Kier alpha value is -3.75. The zero-order chi connectivity index (χ0) is 24.5. The largest absolute Gasteiger partial charge is 0.493 e. The summed E-state index contributed by atoms with van der Waals surface area (Å²) in [4.78, 5) is 38.1. The second-order valence-corrected chi connectivity index (χ2v) is 9.05. The second kappa shape index (κ2) is 9.48. The fourth-order valence-corrected chi connectivity index (χ4v) is 5.17. The number of likely N-dealkylation sites (tertiary alicyclic amines) is 1. The fraction of sp³-hybridized carbons (Fsp3) is 0.423. The minimum absolute atomic E-state index is 0.0223. The van der Waals surface area contributed by atoms with E-state index in [1.54, 1.807) is 17.0 Å². The Labute approximate surface area is 204 Å². The van der Waals surface area contributed by atoms with Crippen molar-refractivity contribution in [2.75, 3.05) is 45.9 Å². The molecule has 2 fully saturated rings. The number of H-pyrrole nitrogens is 1. The van der Waals surface area contributed by atoms with Gasteiger partial charge in [-0.05, 0) is 25.0 Å². The van der Waals surface area contributed by atoms with Gasteiger partial charge in [0, 0.05) is 44.1 Å². The first kappa shape index (κ1) is 23.0. The summed E-state index contributed by atoms with van der Waals surface area (Å²) in [5.74, 6) is 2.01. The minimum Gasteiger partial charge on any atom is -0.493 e. The number of hydrogen-bond donors (Lipinski definition) is 1. The standard InChI is InChI=1S/C26H30N4O5/c1-33-21-12-18(13-22(34-2)24(21)35-3)30-15-17(11-23(30)31)26(32)29-10-6-7-16(14-29)25-27-19-8-4-5-9-20(19)28-25/h4-5,8-9,12-13,16-17H,6-7,10-11,14-15H2,1-3H3,(H,27,28). The van der Waals surface area contributed by atoms with Gasteiger partial charge in [-0.15, -0.1) is 0 Å². The lowest BCUT2D eigenvalue weighted by molar-refractivity contribution is -0.137. The van der Waals surface area contributed by atoms with Crippen LogP contribution in [0.15, 0.2) is 36.4 Å². The molecule has 2 saturated heterocycles. The molecule has 0 bridgehead atoms. The summed E-state index contributed by atoms with van der Waals surface area (Å²) in [5.41, 5.74) is 2.57. The van der Waals surface area contributed by atoms with Crippen molar-refractivity contribution in [3.05, 3.63) is 42.2 Å². The normalized spacial score (nSPS) is 20.4. The van der Waals surface area contributed by atoms with Crippen LogP contribution >= 0.6 is 0 Å². The van der Waals surface area contributed by atoms with Gasteiger partial charge in [-0.25, -0.2) is 4.98 Å². The molecule has 0 radical (unpaired) electrons. The lowest BCUT2D eigenvalue weighted by atomic mass is 9.95. The van der Waals surface area contributed by atoms with E-state index >= 15 is 0 Å². The van der Waals surface area contributed by atoms with Gasteiger partial charge in [0.2, 0.25) is 17.6 Å². The smallest absolute Gasteiger partial charge is 0.228 e. The Kier molecular flexibility index (Phi) is 6.23. The van der Waals surface area contributed by atoms with Gasteiger partial charge in [0.15, 0.2) is 11.5 Å². The third kappa shape index (κ3) is 4.26. The number of rotatable bonds is 6. The van der Waals surface area contributed by atoms with Gasteiger partial charge in [0.1, 0.15) is 5.82 Å². The van der Waals surface area contributed by atoms with Crippen molar-refractivity contribution < 1.29 is 23.8 Å². The van der Waals surface area contributed by atoms with Crippen molar-refractivity contribution in [1.29, 1.82) is 0 Å². The molecule has 2 amide bonds. The zero-order valence-corrected chi connectivity index (χ0v) is 20.2. The maximum absolute atomic E-state index is 13.5. The van der Waals surface area contributed by atoms with E-state index in [9.17, 15) is 9.59 Å². The Morgan fingerprint density at radius 3 is 2.49 bits per heavy atom. The van der Waals surface area contributed by atoms with E-state index in [1.165, 1.54) is 21.3 Å². The van der Waals surface area contributed by atoms with E-state index < -0.39 is 5.92 Å². The summed E-state index contributed by atoms with van der Waals surface area (Å²) in [6.07, 6.45) is 2.07. The van der Waals surface area contributed by atoms with Crippen molar-refractivity contribution in [1.82, 2.24) is 14.9 Å². The van der Waals surface area contributed by atoms with Crippen LogP contribution in [0.25, 0.3) is 11.0 Å². The Morgan fingerprint density at radius 1 is 1.06 bits per heavy atom. The summed E-state index contributed by atoms with van der Waals surface area (Å²) in [5, 5.41) is 0. The van der Waals surface area contributed by atoms with Crippen molar-refractivity contribution in [2.45, 2.75) is 25.2 Å². The number of hydrogen-bond acceptors (Lipinski definition) is 6. The van der Waals surface area contributed by atoms with Crippen LogP contribution in [0.4, 0.5) is 5.69 Å². The molecule has 9 heteroatoms. The molecule has 2 aromatic carbocycles. The van der Waals surface area contributed by atoms with E-state index in [2.05, 4.69) is 4.98 Å². The fourth-order valence-electron chi connectivity index (χ4n) is 5.17. The molecule has 35 heavy (non-hydrogen) atoms. The number of piperidine rings is 1. The first-order valence-corrected chi connectivity index (χ1v) is 11.9. The highest BCUT2D eigenvalue weighted by atomic mass is 16.5. The number of benzene rings is 2. The van der Waals surface area contributed by atoms with Gasteiger partial charge >= 0.3 is 0 Å². The quantitative estimate of drug-likeness (QED) is 0.584. The number of anilines is 1. The van der Waals surface area contributed by atoms with Crippen LogP contribution in [0, 0.1) is 5.92 Å².